The van der Waals surface area contributed by atoms with Gasteiger partial charge in [-0.05, 0) is 12.3 Å². The SMILES string of the molecule is C=C(CN)CC(C)CF. The summed E-state index contributed by atoms with van der Waals surface area (Å²) >= 11 is 0. The lowest BCUT2D eigenvalue weighted by Crippen LogP contribution is -2.06. The third-order valence-electron chi connectivity index (χ3n) is 1.19. The Labute approximate surface area is 55.7 Å². The van der Waals surface area contributed by atoms with Gasteiger partial charge in [-0.3, -0.25) is 4.39 Å². The number of rotatable bonds is 4. The highest BCUT2D eigenvalue weighted by molar-refractivity contribution is 4.96. The zero-order chi connectivity index (χ0) is 7.28. The number of hydrogen-bond donors (Lipinski definition) is 1. The van der Waals surface area contributed by atoms with Crippen LogP contribution in [-0.2, 0) is 0 Å². The molecule has 0 aromatic carbocycles. The largest absolute Gasteiger partial charge is 0.327 e. The van der Waals surface area contributed by atoms with Crippen molar-refractivity contribution in [3.8, 4) is 0 Å². The number of halogens is 1. The monoisotopic (exact) mass is 131 g/mol. The lowest BCUT2D eigenvalue weighted by molar-refractivity contribution is 0.380. The van der Waals surface area contributed by atoms with E-state index in [0.29, 0.717) is 13.0 Å². The van der Waals surface area contributed by atoms with E-state index in [-0.39, 0.29) is 12.6 Å². The van der Waals surface area contributed by atoms with Crippen LogP contribution in [-0.4, -0.2) is 13.2 Å². The van der Waals surface area contributed by atoms with Crippen LogP contribution >= 0.6 is 0 Å². The second-order valence-electron chi connectivity index (χ2n) is 2.42. The first-order valence-electron chi connectivity index (χ1n) is 3.13. The third kappa shape index (κ3) is 4.15. The highest BCUT2D eigenvalue weighted by atomic mass is 19.1. The first kappa shape index (κ1) is 8.63. The van der Waals surface area contributed by atoms with Gasteiger partial charge < -0.3 is 5.73 Å². The molecule has 0 aliphatic heterocycles. The van der Waals surface area contributed by atoms with E-state index in [2.05, 4.69) is 6.58 Å². The minimum atomic E-state index is -0.279. The maximum Gasteiger partial charge on any atom is 0.0923 e. The van der Waals surface area contributed by atoms with Crippen molar-refractivity contribution < 1.29 is 4.39 Å². The van der Waals surface area contributed by atoms with Crippen molar-refractivity contribution >= 4 is 0 Å². The number of alkyl halides is 1. The molecule has 0 spiro atoms. The predicted octanol–water partition coefficient (Wildman–Crippen LogP) is 1.50. The van der Waals surface area contributed by atoms with Crippen molar-refractivity contribution in [2.75, 3.05) is 13.2 Å². The fourth-order valence-electron chi connectivity index (χ4n) is 0.631. The summed E-state index contributed by atoms with van der Waals surface area (Å²) in [4.78, 5) is 0. The van der Waals surface area contributed by atoms with Crippen molar-refractivity contribution in [2.24, 2.45) is 11.7 Å². The van der Waals surface area contributed by atoms with E-state index in [1.165, 1.54) is 0 Å². The molecule has 0 aliphatic carbocycles. The van der Waals surface area contributed by atoms with E-state index in [1.807, 2.05) is 6.92 Å². The molecule has 1 atom stereocenters. The van der Waals surface area contributed by atoms with Gasteiger partial charge in [-0.2, -0.15) is 0 Å². The molecule has 2 heteroatoms. The van der Waals surface area contributed by atoms with Gasteiger partial charge >= 0.3 is 0 Å². The minimum absolute atomic E-state index is 0.0843. The molecule has 0 saturated heterocycles. The Bertz CT molecular complexity index is 90.9. The van der Waals surface area contributed by atoms with E-state index in [0.717, 1.165) is 5.57 Å². The van der Waals surface area contributed by atoms with E-state index in [4.69, 9.17) is 5.73 Å². The Morgan fingerprint density at radius 1 is 1.78 bits per heavy atom. The van der Waals surface area contributed by atoms with Crippen LogP contribution in [0.5, 0.6) is 0 Å². The molecular formula is C7H14FN. The Morgan fingerprint density at radius 2 is 2.33 bits per heavy atom. The molecule has 2 N–H and O–H groups in total. The van der Waals surface area contributed by atoms with Crippen molar-refractivity contribution in [3.63, 3.8) is 0 Å². The van der Waals surface area contributed by atoms with Crippen LogP contribution in [0.1, 0.15) is 13.3 Å². The fraction of sp³-hybridized carbons (Fsp3) is 0.714. The van der Waals surface area contributed by atoms with Crippen LogP contribution in [0.3, 0.4) is 0 Å². The van der Waals surface area contributed by atoms with Crippen LogP contribution in [0.4, 0.5) is 4.39 Å². The van der Waals surface area contributed by atoms with Gasteiger partial charge in [0.1, 0.15) is 0 Å². The molecule has 0 aromatic rings. The molecule has 0 aromatic heterocycles. The average Bonchev–Trinajstić information content (AvgIpc) is 1.87. The molecule has 0 aliphatic rings. The zero-order valence-corrected chi connectivity index (χ0v) is 5.86. The summed E-state index contributed by atoms with van der Waals surface area (Å²) in [6.07, 6.45) is 0.715. The van der Waals surface area contributed by atoms with Gasteiger partial charge in [-0.25, -0.2) is 0 Å². The molecule has 0 amide bonds. The van der Waals surface area contributed by atoms with Crippen LogP contribution in [0, 0.1) is 5.92 Å². The normalized spacial score (nSPS) is 13.2. The van der Waals surface area contributed by atoms with E-state index < -0.39 is 0 Å². The maximum atomic E-state index is 11.8. The van der Waals surface area contributed by atoms with Gasteiger partial charge in [0, 0.05) is 6.54 Å². The van der Waals surface area contributed by atoms with Crippen molar-refractivity contribution in [2.45, 2.75) is 13.3 Å². The number of nitrogens with two attached hydrogens (primary N) is 1. The van der Waals surface area contributed by atoms with E-state index in [9.17, 15) is 4.39 Å². The van der Waals surface area contributed by atoms with Crippen LogP contribution in [0.2, 0.25) is 0 Å². The molecule has 1 nitrogen and oxygen atoms in total. The topological polar surface area (TPSA) is 26.0 Å². The smallest absolute Gasteiger partial charge is 0.0923 e. The first-order valence-corrected chi connectivity index (χ1v) is 3.13. The summed E-state index contributed by atoms with van der Waals surface area (Å²) in [5, 5.41) is 0. The standard InChI is InChI=1S/C7H14FN/c1-6(4-8)3-7(2)5-9/h6H,2-5,9H2,1H3. The summed E-state index contributed by atoms with van der Waals surface area (Å²) in [6, 6.07) is 0. The van der Waals surface area contributed by atoms with E-state index >= 15 is 0 Å². The molecular weight excluding hydrogens is 117 g/mol. The zero-order valence-electron chi connectivity index (χ0n) is 5.86. The lowest BCUT2D eigenvalue weighted by Gasteiger charge is -2.05. The van der Waals surface area contributed by atoms with Crippen molar-refractivity contribution in [3.05, 3.63) is 12.2 Å². The van der Waals surface area contributed by atoms with Gasteiger partial charge in [-0.1, -0.05) is 19.1 Å². The Morgan fingerprint density at radius 3 is 2.67 bits per heavy atom. The van der Waals surface area contributed by atoms with E-state index in [1.54, 1.807) is 0 Å². The molecule has 54 valence electrons. The molecule has 9 heavy (non-hydrogen) atoms. The maximum absolute atomic E-state index is 11.8. The second-order valence-corrected chi connectivity index (χ2v) is 2.42. The third-order valence-corrected chi connectivity index (χ3v) is 1.19. The lowest BCUT2D eigenvalue weighted by atomic mass is 10.0. The number of hydrogen-bond acceptors (Lipinski definition) is 1. The Kier molecular flexibility index (Phi) is 4.32. The van der Waals surface area contributed by atoms with Crippen LogP contribution in [0.25, 0.3) is 0 Å². The molecule has 0 radical (unpaired) electrons. The fourth-order valence-corrected chi connectivity index (χ4v) is 0.631. The highest BCUT2D eigenvalue weighted by Gasteiger charge is 2.01. The Hall–Kier alpha value is -0.370. The molecule has 1 unspecified atom stereocenters. The van der Waals surface area contributed by atoms with Crippen molar-refractivity contribution in [1.29, 1.82) is 0 Å². The molecule has 0 bridgehead atoms. The average molecular weight is 131 g/mol. The van der Waals surface area contributed by atoms with Gasteiger partial charge in [0.25, 0.3) is 0 Å². The molecule has 0 heterocycles. The summed E-state index contributed by atoms with van der Waals surface area (Å²) in [7, 11) is 0. The first-order chi connectivity index (χ1) is 4.20. The molecule has 0 rings (SSSR count). The summed E-state index contributed by atoms with van der Waals surface area (Å²) < 4.78 is 11.8. The summed E-state index contributed by atoms with van der Waals surface area (Å²) in [6.45, 7) is 5.72. The summed E-state index contributed by atoms with van der Waals surface area (Å²) in [5.74, 6) is 0.0843. The van der Waals surface area contributed by atoms with Gasteiger partial charge in [-0.15, -0.1) is 0 Å². The quantitative estimate of drug-likeness (QED) is 0.575. The van der Waals surface area contributed by atoms with Gasteiger partial charge in [0.05, 0.1) is 6.67 Å². The Balaban J connectivity index is 3.34. The highest BCUT2D eigenvalue weighted by Crippen LogP contribution is 2.07. The molecule has 0 saturated carbocycles. The second kappa shape index (κ2) is 4.50. The van der Waals surface area contributed by atoms with Crippen LogP contribution in [0.15, 0.2) is 12.2 Å². The van der Waals surface area contributed by atoms with Gasteiger partial charge in [0.2, 0.25) is 0 Å². The minimum Gasteiger partial charge on any atom is -0.327 e. The van der Waals surface area contributed by atoms with Crippen LogP contribution < -0.4 is 5.73 Å². The van der Waals surface area contributed by atoms with Gasteiger partial charge in [0.15, 0.2) is 0 Å². The van der Waals surface area contributed by atoms with Crippen molar-refractivity contribution in [1.82, 2.24) is 0 Å². The predicted molar refractivity (Wildman–Crippen MR) is 38.0 cm³/mol. The molecule has 0 fully saturated rings. The summed E-state index contributed by atoms with van der Waals surface area (Å²) in [5.41, 5.74) is 6.18.